The lowest BCUT2D eigenvalue weighted by Crippen LogP contribution is -2.18. The van der Waals surface area contributed by atoms with Crippen LogP contribution in [0.1, 0.15) is 26.3 Å². The molecule has 1 aromatic heterocycles. The first-order chi connectivity index (χ1) is 16.2. The number of benzene rings is 3. The minimum absolute atomic E-state index is 0.0676. The minimum atomic E-state index is -4.85. The Bertz CT molecular complexity index is 1360. The SMILES string of the molecule is O=C(Nc1ccc(NC(=O)c2ccccc2F)cc1C(F)(F)F)c1cccc(-n2cnnn2)c1. The van der Waals surface area contributed by atoms with Gasteiger partial charge in [0.25, 0.3) is 11.8 Å². The smallest absolute Gasteiger partial charge is 0.322 e. The summed E-state index contributed by atoms with van der Waals surface area (Å²) >= 11 is 0. The monoisotopic (exact) mass is 470 g/mol. The molecule has 1 heterocycles. The average Bonchev–Trinajstić information content (AvgIpc) is 3.35. The van der Waals surface area contributed by atoms with Gasteiger partial charge in [-0.2, -0.15) is 13.2 Å². The summed E-state index contributed by atoms with van der Waals surface area (Å²) in [4.78, 5) is 24.9. The Hall–Kier alpha value is -4.61. The summed E-state index contributed by atoms with van der Waals surface area (Å²) in [6.07, 6.45) is -3.55. The van der Waals surface area contributed by atoms with Crippen LogP contribution in [0.2, 0.25) is 0 Å². The largest absolute Gasteiger partial charge is 0.418 e. The van der Waals surface area contributed by atoms with Crippen molar-refractivity contribution in [2.24, 2.45) is 0 Å². The van der Waals surface area contributed by atoms with Crippen molar-refractivity contribution in [3.8, 4) is 5.69 Å². The zero-order valence-corrected chi connectivity index (χ0v) is 17.0. The number of amides is 2. The zero-order chi connectivity index (χ0) is 24.3. The Kier molecular flexibility index (Phi) is 6.04. The van der Waals surface area contributed by atoms with Crippen molar-refractivity contribution in [3.05, 3.63) is 95.6 Å². The fourth-order valence-electron chi connectivity index (χ4n) is 3.07. The summed E-state index contributed by atoms with van der Waals surface area (Å²) < 4.78 is 56.2. The molecule has 0 aliphatic rings. The maximum atomic E-state index is 13.8. The number of nitrogens with one attached hydrogen (secondary N) is 2. The van der Waals surface area contributed by atoms with E-state index in [2.05, 4.69) is 26.2 Å². The number of alkyl halides is 3. The number of tetrazole rings is 1. The molecule has 0 saturated heterocycles. The van der Waals surface area contributed by atoms with Crippen molar-refractivity contribution in [1.82, 2.24) is 20.2 Å². The Morgan fingerprint density at radius 1 is 0.882 bits per heavy atom. The van der Waals surface area contributed by atoms with Gasteiger partial charge in [0.15, 0.2) is 0 Å². The molecule has 4 rings (SSSR count). The standard InChI is InChI=1S/C22H14F4N6O2/c23-18-7-2-1-6-16(18)21(34)28-14-8-9-19(17(11-14)22(24,25)26)29-20(33)13-4-3-5-15(10-13)32-12-27-30-31-32/h1-12H,(H,28,34)(H,29,33). The second kappa shape index (κ2) is 9.10. The highest BCUT2D eigenvalue weighted by Gasteiger charge is 2.34. The highest BCUT2D eigenvalue weighted by molar-refractivity contribution is 6.06. The molecule has 8 nitrogen and oxygen atoms in total. The molecule has 2 amide bonds. The third-order valence-corrected chi connectivity index (χ3v) is 4.67. The molecule has 0 unspecified atom stereocenters. The van der Waals surface area contributed by atoms with Gasteiger partial charge in [-0.25, -0.2) is 9.07 Å². The van der Waals surface area contributed by atoms with Crippen molar-refractivity contribution >= 4 is 23.2 Å². The lowest BCUT2D eigenvalue weighted by Gasteiger charge is -2.16. The molecule has 0 saturated carbocycles. The Balaban J connectivity index is 1.59. The second-order valence-corrected chi connectivity index (χ2v) is 6.95. The maximum absolute atomic E-state index is 13.8. The zero-order valence-electron chi connectivity index (χ0n) is 17.0. The van der Waals surface area contributed by atoms with Crippen LogP contribution in [0.3, 0.4) is 0 Å². The van der Waals surface area contributed by atoms with Crippen LogP contribution in [0, 0.1) is 5.82 Å². The summed E-state index contributed by atoms with van der Waals surface area (Å²) in [7, 11) is 0. The number of carbonyl (C=O) groups excluding carboxylic acids is 2. The number of halogens is 4. The van der Waals surface area contributed by atoms with Gasteiger partial charge in [-0.3, -0.25) is 9.59 Å². The molecule has 0 fully saturated rings. The number of anilines is 2. The van der Waals surface area contributed by atoms with E-state index in [4.69, 9.17) is 0 Å². The number of carbonyl (C=O) groups is 2. The van der Waals surface area contributed by atoms with Gasteiger partial charge in [0, 0.05) is 11.3 Å². The Labute approximate surface area is 189 Å². The van der Waals surface area contributed by atoms with E-state index in [1.54, 1.807) is 6.07 Å². The van der Waals surface area contributed by atoms with Crippen LogP contribution in [-0.2, 0) is 6.18 Å². The molecule has 0 radical (unpaired) electrons. The van der Waals surface area contributed by atoms with Gasteiger partial charge in [0.1, 0.15) is 12.1 Å². The summed E-state index contributed by atoms with van der Waals surface area (Å²) in [5.41, 5.74) is -1.76. The van der Waals surface area contributed by atoms with Crippen LogP contribution in [0.15, 0.2) is 73.1 Å². The van der Waals surface area contributed by atoms with E-state index >= 15 is 0 Å². The molecular formula is C22H14F4N6O2. The molecule has 0 spiro atoms. The van der Waals surface area contributed by atoms with Crippen molar-refractivity contribution in [2.45, 2.75) is 6.18 Å². The molecule has 172 valence electrons. The van der Waals surface area contributed by atoms with Crippen LogP contribution in [-0.4, -0.2) is 32.0 Å². The van der Waals surface area contributed by atoms with Gasteiger partial charge in [-0.05, 0) is 59.0 Å². The van der Waals surface area contributed by atoms with Gasteiger partial charge in [0.05, 0.1) is 22.5 Å². The molecule has 0 atom stereocenters. The van der Waals surface area contributed by atoms with Gasteiger partial charge >= 0.3 is 6.18 Å². The summed E-state index contributed by atoms with van der Waals surface area (Å²) in [5, 5.41) is 15.1. The van der Waals surface area contributed by atoms with Crippen LogP contribution < -0.4 is 10.6 Å². The minimum Gasteiger partial charge on any atom is -0.322 e. The molecular weight excluding hydrogens is 456 g/mol. The van der Waals surface area contributed by atoms with E-state index in [1.165, 1.54) is 53.5 Å². The Morgan fingerprint density at radius 3 is 2.38 bits per heavy atom. The molecule has 0 aliphatic carbocycles. The normalized spacial score (nSPS) is 11.2. The molecule has 3 aromatic carbocycles. The molecule has 0 bridgehead atoms. The molecule has 4 aromatic rings. The van der Waals surface area contributed by atoms with Crippen LogP contribution >= 0.6 is 0 Å². The Morgan fingerprint density at radius 2 is 1.68 bits per heavy atom. The number of hydrogen-bond acceptors (Lipinski definition) is 5. The average molecular weight is 470 g/mol. The third kappa shape index (κ3) is 4.90. The third-order valence-electron chi connectivity index (χ3n) is 4.67. The number of rotatable bonds is 5. The van der Waals surface area contributed by atoms with Gasteiger partial charge in [0.2, 0.25) is 0 Å². The van der Waals surface area contributed by atoms with E-state index in [1.807, 2.05) is 0 Å². The highest BCUT2D eigenvalue weighted by atomic mass is 19.4. The molecule has 34 heavy (non-hydrogen) atoms. The maximum Gasteiger partial charge on any atom is 0.418 e. The fourth-order valence-corrected chi connectivity index (χ4v) is 3.07. The first kappa shape index (κ1) is 22.6. The summed E-state index contributed by atoms with van der Waals surface area (Å²) in [5.74, 6) is -2.53. The van der Waals surface area contributed by atoms with Crippen molar-refractivity contribution in [3.63, 3.8) is 0 Å². The van der Waals surface area contributed by atoms with Crippen LogP contribution in [0.5, 0.6) is 0 Å². The summed E-state index contributed by atoms with van der Waals surface area (Å²) in [6.45, 7) is 0. The van der Waals surface area contributed by atoms with E-state index in [-0.39, 0.29) is 16.8 Å². The molecule has 0 aliphatic heterocycles. The van der Waals surface area contributed by atoms with Crippen molar-refractivity contribution in [2.75, 3.05) is 10.6 Å². The second-order valence-electron chi connectivity index (χ2n) is 6.95. The number of hydrogen-bond donors (Lipinski definition) is 2. The molecule has 12 heteroatoms. The van der Waals surface area contributed by atoms with E-state index < -0.39 is 35.1 Å². The quantitative estimate of drug-likeness (QED) is 0.423. The fraction of sp³-hybridized carbons (Fsp3) is 0.0455. The number of aromatic nitrogens is 4. The van der Waals surface area contributed by atoms with Gasteiger partial charge in [-0.1, -0.05) is 18.2 Å². The van der Waals surface area contributed by atoms with E-state index in [9.17, 15) is 27.2 Å². The molecule has 2 N–H and O–H groups in total. The van der Waals surface area contributed by atoms with E-state index in [0.29, 0.717) is 11.8 Å². The summed E-state index contributed by atoms with van der Waals surface area (Å²) in [6, 6.07) is 13.9. The number of nitrogens with zero attached hydrogens (tertiary/aromatic N) is 4. The lowest BCUT2D eigenvalue weighted by molar-refractivity contribution is -0.136. The highest BCUT2D eigenvalue weighted by Crippen LogP contribution is 2.37. The van der Waals surface area contributed by atoms with Crippen molar-refractivity contribution in [1.29, 1.82) is 0 Å². The van der Waals surface area contributed by atoms with Crippen LogP contribution in [0.4, 0.5) is 28.9 Å². The van der Waals surface area contributed by atoms with Crippen LogP contribution in [0.25, 0.3) is 5.69 Å². The topological polar surface area (TPSA) is 102 Å². The first-order valence-corrected chi connectivity index (χ1v) is 9.64. The van der Waals surface area contributed by atoms with Gasteiger partial charge < -0.3 is 10.6 Å². The predicted molar refractivity (Wildman–Crippen MR) is 113 cm³/mol. The predicted octanol–water partition coefficient (Wildman–Crippen LogP) is 4.32. The van der Waals surface area contributed by atoms with Gasteiger partial charge in [-0.15, -0.1) is 5.10 Å². The first-order valence-electron chi connectivity index (χ1n) is 9.64. The van der Waals surface area contributed by atoms with Crippen molar-refractivity contribution < 1.29 is 27.2 Å². The van der Waals surface area contributed by atoms with E-state index in [0.717, 1.165) is 12.1 Å². The lowest BCUT2D eigenvalue weighted by atomic mass is 10.1.